The summed E-state index contributed by atoms with van der Waals surface area (Å²) in [6.45, 7) is 3.58. The van der Waals surface area contributed by atoms with E-state index in [0.29, 0.717) is 23.6 Å². The molecule has 1 aromatic heterocycles. The molecule has 0 aliphatic heterocycles. The molecule has 0 unspecified atom stereocenters. The van der Waals surface area contributed by atoms with Crippen molar-refractivity contribution >= 4 is 21.9 Å². The van der Waals surface area contributed by atoms with Crippen molar-refractivity contribution in [3.05, 3.63) is 87.1 Å². The van der Waals surface area contributed by atoms with E-state index in [1.165, 1.54) is 5.56 Å². The first kappa shape index (κ1) is 19.1. The Labute approximate surface area is 167 Å². The molecule has 1 N–H and O–H groups in total. The first-order valence-corrected chi connectivity index (χ1v) is 9.45. The van der Waals surface area contributed by atoms with Crippen LogP contribution < -0.4 is 4.74 Å². The monoisotopic (exact) mass is 425 g/mol. The van der Waals surface area contributed by atoms with Crippen LogP contribution in [0.1, 0.15) is 32.9 Å². The van der Waals surface area contributed by atoms with Gasteiger partial charge in [0.25, 0.3) is 0 Å². The van der Waals surface area contributed by atoms with E-state index in [0.717, 1.165) is 22.2 Å². The molecule has 3 aromatic rings. The van der Waals surface area contributed by atoms with Crippen molar-refractivity contribution in [2.75, 3.05) is 0 Å². The van der Waals surface area contributed by atoms with Gasteiger partial charge < -0.3 is 9.84 Å². The van der Waals surface area contributed by atoms with E-state index in [9.17, 15) is 9.90 Å². The number of aryl methyl sites for hydroxylation is 3. The third-order valence-electron chi connectivity index (χ3n) is 4.41. The molecule has 5 heteroatoms. The molecule has 27 heavy (non-hydrogen) atoms. The van der Waals surface area contributed by atoms with Gasteiger partial charge in [0.2, 0.25) is 0 Å². The second-order valence-corrected chi connectivity index (χ2v) is 7.24. The third kappa shape index (κ3) is 4.55. The standard InChI is InChI=1S/C22H20BrNO3/c1-14-19(13-8-16-6-4-3-5-7-16)24-15(2)20(22(25)26)21(14)27-18-11-9-17(23)10-12-18/h3-7,9-12H,8,13H2,1-2H3,(H,25,26). The number of aromatic carboxylic acids is 1. The van der Waals surface area contributed by atoms with E-state index in [1.807, 2.05) is 37.3 Å². The van der Waals surface area contributed by atoms with Crippen molar-refractivity contribution in [3.8, 4) is 11.5 Å². The van der Waals surface area contributed by atoms with Gasteiger partial charge in [0.1, 0.15) is 17.1 Å². The Hall–Kier alpha value is -2.66. The van der Waals surface area contributed by atoms with Crippen LogP contribution in [0.15, 0.2) is 59.1 Å². The Kier molecular flexibility index (Phi) is 5.91. The lowest BCUT2D eigenvalue weighted by molar-refractivity contribution is 0.0692. The predicted molar refractivity (Wildman–Crippen MR) is 109 cm³/mol. The lowest BCUT2D eigenvalue weighted by Crippen LogP contribution is -2.10. The minimum absolute atomic E-state index is 0.110. The lowest BCUT2D eigenvalue weighted by Gasteiger charge is -2.17. The van der Waals surface area contributed by atoms with Crippen LogP contribution in [-0.4, -0.2) is 16.1 Å². The zero-order chi connectivity index (χ0) is 19.4. The quantitative estimate of drug-likeness (QED) is 0.547. The smallest absolute Gasteiger partial charge is 0.341 e. The summed E-state index contributed by atoms with van der Waals surface area (Å²) in [7, 11) is 0. The highest BCUT2D eigenvalue weighted by atomic mass is 79.9. The molecule has 0 saturated heterocycles. The maximum atomic E-state index is 11.8. The van der Waals surface area contributed by atoms with Crippen LogP contribution in [0.25, 0.3) is 0 Å². The molecule has 0 aliphatic rings. The second kappa shape index (κ2) is 8.35. The van der Waals surface area contributed by atoms with Crippen LogP contribution in [0.5, 0.6) is 11.5 Å². The van der Waals surface area contributed by atoms with Crippen molar-refractivity contribution in [3.63, 3.8) is 0 Å². The van der Waals surface area contributed by atoms with Crippen molar-refractivity contribution in [2.45, 2.75) is 26.7 Å². The molecule has 0 amide bonds. The van der Waals surface area contributed by atoms with Crippen LogP contribution in [0.4, 0.5) is 0 Å². The van der Waals surface area contributed by atoms with E-state index in [4.69, 9.17) is 4.74 Å². The molecule has 3 rings (SSSR count). The van der Waals surface area contributed by atoms with Gasteiger partial charge in [-0.05, 0) is 56.5 Å². The molecule has 2 aromatic carbocycles. The zero-order valence-corrected chi connectivity index (χ0v) is 16.8. The molecule has 4 nitrogen and oxygen atoms in total. The molecule has 0 spiro atoms. The molecular formula is C22H20BrNO3. The molecule has 0 bridgehead atoms. The van der Waals surface area contributed by atoms with Crippen molar-refractivity contribution in [2.24, 2.45) is 0 Å². The highest BCUT2D eigenvalue weighted by Gasteiger charge is 2.22. The second-order valence-electron chi connectivity index (χ2n) is 6.32. The molecule has 0 aliphatic carbocycles. The van der Waals surface area contributed by atoms with Crippen LogP contribution >= 0.6 is 15.9 Å². The number of hydrogen-bond donors (Lipinski definition) is 1. The van der Waals surface area contributed by atoms with Gasteiger partial charge in [-0.3, -0.25) is 4.98 Å². The fraction of sp³-hybridized carbons (Fsp3) is 0.182. The number of aromatic nitrogens is 1. The lowest BCUT2D eigenvalue weighted by atomic mass is 10.0. The summed E-state index contributed by atoms with van der Waals surface area (Å²) >= 11 is 3.39. The van der Waals surface area contributed by atoms with E-state index < -0.39 is 5.97 Å². The fourth-order valence-electron chi connectivity index (χ4n) is 2.98. The van der Waals surface area contributed by atoms with E-state index in [1.54, 1.807) is 19.1 Å². The number of pyridine rings is 1. The first-order chi connectivity index (χ1) is 13.0. The number of benzene rings is 2. The molecule has 0 fully saturated rings. The number of hydrogen-bond acceptors (Lipinski definition) is 3. The minimum atomic E-state index is -1.04. The van der Waals surface area contributed by atoms with Gasteiger partial charge in [-0.2, -0.15) is 0 Å². The van der Waals surface area contributed by atoms with Gasteiger partial charge >= 0.3 is 5.97 Å². The van der Waals surface area contributed by atoms with E-state index in [-0.39, 0.29) is 5.56 Å². The summed E-state index contributed by atoms with van der Waals surface area (Å²) < 4.78 is 6.92. The highest BCUT2D eigenvalue weighted by Crippen LogP contribution is 2.33. The Bertz CT molecular complexity index is 954. The third-order valence-corrected chi connectivity index (χ3v) is 4.93. The van der Waals surface area contributed by atoms with Crippen LogP contribution in [0, 0.1) is 13.8 Å². The van der Waals surface area contributed by atoms with Gasteiger partial charge in [-0.1, -0.05) is 46.3 Å². The molecule has 0 radical (unpaired) electrons. The summed E-state index contributed by atoms with van der Waals surface area (Å²) in [5.41, 5.74) is 3.40. The summed E-state index contributed by atoms with van der Waals surface area (Å²) in [5, 5.41) is 9.66. The number of nitrogens with zero attached hydrogens (tertiary/aromatic N) is 1. The number of halogens is 1. The number of rotatable bonds is 6. The van der Waals surface area contributed by atoms with Gasteiger partial charge in [0.05, 0.1) is 5.69 Å². The first-order valence-electron chi connectivity index (χ1n) is 8.66. The normalized spacial score (nSPS) is 10.6. The van der Waals surface area contributed by atoms with Crippen LogP contribution in [-0.2, 0) is 12.8 Å². The Balaban J connectivity index is 1.97. The van der Waals surface area contributed by atoms with Crippen molar-refractivity contribution < 1.29 is 14.6 Å². The molecular weight excluding hydrogens is 406 g/mol. The van der Waals surface area contributed by atoms with Crippen LogP contribution in [0.3, 0.4) is 0 Å². The Morgan fingerprint density at radius 1 is 1.04 bits per heavy atom. The number of ether oxygens (including phenoxy) is 1. The molecule has 0 saturated carbocycles. The van der Waals surface area contributed by atoms with E-state index in [2.05, 4.69) is 33.0 Å². The maximum absolute atomic E-state index is 11.8. The van der Waals surface area contributed by atoms with Gasteiger partial charge in [0, 0.05) is 15.7 Å². The molecule has 0 atom stereocenters. The Morgan fingerprint density at radius 2 is 1.70 bits per heavy atom. The minimum Gasteiger partial charge on any atom is -0.477 e. The van der Waals surface area contributed by atoms with Gasteiger partial charge in [0.15, 0.2) is 0 Å². The average Bonchev–Trinajstić information content (AvgIpc) is 2.65. The fourth-order valence-corrected chi connectivity index (χ4v) is 3.24. The zero-order valence-electron chi connectivity index (χ0n) is 15.2. The van der Waals surface area contributed by atoms with Crippen molar-refractivity contribution in [1.82, 2.24) is 4.98 Å². The summed E-state index contributed by atoms with van der Waals surface area (Å²) in [5.74, 6) is -0.0892. The summed E-state index contributed by atoms with van der Waals surface area (Å²) in [4.78, 5) is 16.4. The number of carbonyl (C=O) groups is 1. The average molecular weight is 426 g/mol. The largest absolute Gasteiger partial charge is 0.477 e. The Morgan fingerprint density at radius 3 is 2.33 bits per heavy atom. The van der Waals surface area contributed by atoms with E-state index >= 15 is 0 Å². The van der Waals surface area contributed by atoms with Gasteiger partial charge in [-0.15, -0.1) is 0 Å². The summed E-state index contributed by atoms with van der Waals surface area (Å²) in [6, 6.07) is 17.5. The number of carboxylic acids is 1. The SMILES string of the molecule is Cc1nc(CCc2ccccc2)c(C)c(Oc2ccc(Br)cc2)c1C(=O)O. The number of carboxylic acid groups (broad SMARTS) is 1. The van der Waals surface area contributed by atoms with Gasteiger partial charge in [-0.25, -0.2) is 4.79 Å². The highest BCUT2D eigenvalue weighted by molar-refractivity contribution is 9.10. The maximum Gasteiger partial charge on any atom is 0.341 e. The topological polar surface area (TPSA) is 59.4 Å². The van der Waals surface area contributed by atoms with Crippen molar-refractivity contribution in [1.29, 1.82) is 0 Å². The van der Waals surface area contributed by atoms with Crippen LogP contribution in [0.2, 0.25) is 0 Å². The predicted octanol–water partition coefficient (Wildman–Crippen LogP) is 5.74. The molecule has 138 valence electrons. The summed E-state index contributed by atoms with van der Waals surface area (Å²) in [6.07, 6.45) is 1.55. The molecule has 1 heterocycles.